The minimum atomic E-state index is -0.555. The van der Waals surface area contributed by atoms with Gasteiger partial charge in [-0.2, -0.15) is 0 Å². The van der Waals surface area contributed by atoms with Gasteiger partial charge in [-0.15, -0.1) is 0 Å². The first-order chi connectivity index (χ1) is 14.1. The van der Waals surface area contributed by atoms with E-state index in [1.807, 2.05) is 31.7 Å². The van der Waals surface area contributed by atoms with Gasteiger partial charge in [-0.3, -0.25) is 9.79 Å². The number of carbonyl (C=O) groups is 2. The van der Waals surface area contributed by atoms with Gasteiger partial charge in [-0.05, 0) is 58.6 Å². The van der Waals surface area contributed by atoms with Crippen LogP contribution < -0.4 is 16.4 Å². The van der Waals surface area contributed by atoms with E-state index in [0.717, 1.165) is 44.5 Å². The number of nitrogen functional groups attached to an aromatic ring is 1. The third-order valence-electron chi connectivity index (χ3n) is 5.53. The van der Waals surface area contributed by atoms with Crippen LogP contribution in [0.2, 0.25) is 0 Å². The first kappa shape index (κ1) is 21.9. The maximum Gasteiger partial charge on any atom is 0.410 e. The summed E-state index contributed by atoms with van der Waals surface area (Å²) < 4.78 is 5.66. The van der Waals surface area contributed by atoms with Crippen molar-refractivity contribution >= 4 is 29.6 Å². The minimum absolute atomic E-state index is 0.161. The number of ether oxygens (including phenoxy) is 1. The molecule has 1 saturated carbocycles. The number of rotatable bonds is 5. The molecule has 0 spiro atoms. The van der Waals surface area contributed by atoms with Crippen LogP contribution in [0.1, 0.15) is 62.4 Å². The summed E-state index contributed by atoms with van der Waals surface area (Å²) in [7, 11) is 1.67. The number of anilines is 2. The molecule has 1 heterocycles. The van der Waals surface area contributed by atoms with Crippen LogP contribution in [0.3, 0.4) is 0 Å². The highest BCUT2D eigenvalue weighted by molar-refractivity contribution is 6.05. The summed E-state index contributed by atoms with van der Waals surface area (Å²) in [6.07, 6.45) is 5.23. The molecule has 1 aromatic carbocycles. The first-order valence-corrected chi connectivity index (χ1v) is 10.5. The van der Waals surface area contributed by atoms with Gasteiger partial charge in [-0.25, -0.2) is 4.79 Å². The Hall–Kier alpha value is -2.77. The average molecular weight is 416 g/mol. The molecule has 8 heteroatoms. The molecule has 1 aromatic rings. The maximum atomic E-state index is 12.8. The second kappa shape index (κ2) is 8.53. The number of hydrogen-bond donors (Lipinski definition) is 2. The van der Waals surface area contributed by atoms with Crippen LogP contribution in [0.4, 0.5) is 16.2 Å². The predicted molar refractivity (Wildman–Crippen MR) is 119 cm³/mol. The number of primary amides is 1. The SMILES string of the molecule is CN=Cc1c(N2CCC(N(C(=O)OC(C)(C)C)C3CC3)CC2)ccc(C(N)=O)c1N. The van der Waals surface area contributed by atoms with Crippen LogP contribution in [0.5, 0.6) is 0 Å². The van der Waals surface area contributed by atoms with Crippen molar-refractivity contribution < 1.29 is 14.3 Å². The number of piperidine rings is 1. The quantitative estimate of drug-likeness (QED) is 0.567. The van der Waals surface area contributed by atoms with Gasteiger partial charge in [0.05, 0.1) is 11.3 Å². The Kier molecular flexibility index (Phi) is 6.24. The zero-order chi connectivity index (χ0) is 22.1. The second-order valence-corrected chi connectivity index (χ2v) is 9.05. The molecule has 0 atom stereocenters. The number of aliphatic imine (C=N–C) groups is 1. The molecule has 0 aromatic heterocycles. The molecule has 0 bridgehead atoms. The Bertz CT molecular complexity index is 834. The molecule has 2 fully saturated rings. The van der Waals surface area contributed by atoms with E-state index in [1.54, 1.807) is 19.3 Å². The lowest BCUT2D eigenvalue weighted by atomic mass is 9.99. The molecule has 1 saturated heterocycles. The Morgan fingerprint density at radius 1 is 1.17 bits per heavy atom. The number of benzene rings is 1. The third-order valence-corrected chi connectivity index (χ3v) is 5.53. The number of nitrogens with zero attached hydrogens (tertiary/aromatic N) is 3. The summed E-state index contributed by atoms with van der Waals surface area (Å²) in [5.41, 5.74) is 13.4. The first-order valence-electron chi connectivity index (χ1n) is 10.5. The predicted octanol–water partition coefficient (Wildman–Crippen LogP) is 2.78. The normalized spacial score (nSPS) is 17.9. The summed E-state index contributed by atoms with van der Waals surface area (Å²) in [5.74, 6) is -0.555. The molecule has 0 radical (unpaired) electrons. The fourth-order valence-electron chi connectivity index (χ4n) is 4.03. The number of amides is 2. The van der Waals surface area contributed by atoms with Crippen molar-refractivity contribution in [2.75, 3.05) is 30.8 Å². The summed E-state index contributed by atoms with van der Waals surface area (Å²) in [4.78, 5) is 32.7. The van der Waals surface area contributed by atoms with E-state index in [0.29, 0.717) is 22.9 Å². The molecule has 0 unspecified atom stereocenters. The molecule has 1 aliphatic carbocycles. The molecular formula is C22H33N5O3. The van der Waals surface area contributed by atoms with E-state index in [2.05, 4.69) is 9.89 Å². The molecule has 4 N–H and O–H groups in total. The van der Waals surface area contributed by atoms with E-state index in [9.17, 15) is 9.59 Å². The topological polar surface area (TPSA) is 114 Å². The molecule has 3 rings (SSSR count). The minimum Gasteiger partial charge on any atom is -0.444 e. The number of hydrogen-bond acceptors (Lipinski definition) is 6. The van der Waals surface area contributed by atoms with Gasteiger partial charge in [0, 0.05) is 49.7 Å². The monoisotopic (exact) mass is 415 g/mol. The molecule has 30 heavy (non-hydrogen) atoms. The van der Waals surface area contributed by atoms with Gasteiger partial charge >= 0.3 is 6.09 Å². The van der Waals surface area contributed by atoms with Crippen LogP contribution in [0.25, 0.3) is 0 Å². The average Bonchev–Trinajstić information content (AvgIpc) is 3.47. The smallest absolute Gasteiger partial charge is 0.410 e. The highest BCUT2D eigenvalue weighted by Crippen LogP contribution is 2.35. The number of nitrogens with two attached hydrogens (primary N) is 2. The fourth-order valence-corrected chi connectivity index (χ4v) is 4.03. The lowest BCUT2D eigenvalue weighted by Crippen LogP contribution is -2.50. The van der Waals surface area contributed by atoms with Crippen LogP contribution in [0.15, 0.2) is 17.1 Å². The highest BCUT2D eigenvalue weighted by atomic mass is 16.6. The third kappa shape index (κ3) is 4.86. The highest BCUT2D eigenvalue weighted by Gasteiger charge is 2.40. The van der Waals surface area contributed by atoms with Gasteiger partial charge in [0.1, 0.15) is 5.60 Å². The summed E-state index contributed by atoms with van der Waals surface area (Å²) in [6.45, 7) is 7.24. The molecular weight excluding hydrogens is 382 g/mol. The van der Waals surface area contributed by atoms with Crippen molar-refractivity contribution in [3.05, 3.63) is 23.3 Å². The van der Waals surface area contributed by atoms with Crippen molar-refractivity contribution in [1.82, 2.24) is 4.90 Å². The fraction of sp³-hybridized carbons (Fsp3) is 0.591. The van der Waals surface area contributed by atoms with Crippen LogP contribution >= 0.6 is 0 Å². The van der Waals surface area contributed by atoms with E-state index in [1.165, 1.54) is 0 Å². The molecule has 1 aliphatic heterocycles. The van der Waals surface area contributed by atoms with Crippen LogP contribution in [-0.2, 0) is 4.74 Å². The Balaban J connectivity index is 1.76. The standard InChI is InChI=1S/C22H33N5O3/c1-22(2,3)30-21(29)27(14-5-6-14)15-9-11-26(12-10-15)18-8-7-16(20(24)28)19(23)17(18)13-25-4/h7-8,13-15H,5-6,9-12,23H2,1-4H3,(H2,24,28). The summed E-state index contributed by atoms with van der Waals surface area (Å²) >= 11 is 0. The summed E-state index contributed by atoms with van der Waals surface area (Å²) in [6, 6.07) is 4.00. The van der Waals surface area contributed by atoms with Gasteiger partial charge in [0.15, 0.2) is 0 Å². The van der Waals surface area contributed by atoms with Gasteiger partial charge in [0.25, 0.3) is 5.91 Å². The Labute approximate surface area is 178 Å². The zero-order valence-electron chi connectivity index (χ0n) is 18.4. The van der Waals surface area contributed by atoms with Crippen LogP contribution in [-0.4, -0.2) is 60.9 Å². The van der Waals surface area contributed by atoms with Gasteiger partial charge in [0.2, 0.25) is 0 Å². The van der Waals surface area contributed by atoms with E-state index >= 15 is 0 Å². The van der Waals surface area contributed by atoms with Crippen molar-refractivity contribution in [1.29, 1.82) is 0 Å². The second-order valence-electron chi connectivity index (χ2n) is 9.05. The van der Waals surface area contributed by atoms with Crippen molar-refractivity contribution in [2.24, 2.45) is 10.7 Å². The van der Waals surface area contributed by atoms with E-state index in [-0.39, 0.29) is 12.1 Å². The zero-order valence-corrected chi connectivity index (χ0v) is 18.4. The lowest BCUT2D eigenvalue weighted by molar-refractivity contribution is 0.0114. The van der Waals surface area contributed by atoms with Crippen LogP contribution in [0, 0.1) is 0 Å². The van der Waals surface area contributed by atoms with Crippen molar-refractivity contribution in [3.8, 4) is 0 Å². The lowest BCUT2D eigenvalue weighted by Gasteiger charge is -2.40. The van der Waals surface area contributed by atoms with E-state index < -0.39 is 11.5 Å². The molecule has 164 valence electrons. The summed E-state index contributed by atoms with van der Waals surface area (Å²) in [5, 5.41) is 0. The number of carbonyl (C=O) groups excluding carboxylic acids is 2. The molecule has 2 aliphatic rings. The largest absolute Gasteiger partial charge is 0.444 e. The maximum absolute atomic E-state index is 12.8. The van der Waals surface area contributed by atoms with Gasteiger partial charge in [-0.1, -0.05) is 0 Å². The molecule has 2 amide bonds. The van der Waals surface area contributed by atoms with Crippen molar-refractivity contribution in [3.63, 3.8) is 0 Å². The molecule has 8 nitrogen and oxygen atoms in total. The van der Waals surface area contributed by atoms with E-state index in [4.69, 9.17) is 16.2 Å². The Morgan fingerprint density at radius 2 is 1.77 bits per heavy atom. The van der Waals surface area contributed by atoms with Crippen molar-refractivity contribution in [2.45, 2.75) is 64.1 Å². The Morgan fingerprint density at radius 3 is 2.27 bits per heavy atom. The van der Waals surface area contributed by atoms with Gasteiger partial charge < -0.3 is 26.0 Å².